The lowest BCUT2D eigenvalue weighted by Crippen LogP contribution is -2.34. The summed E-state index contributed by atoms with van der Waals surface area (Å²) in [6, 6.07) is 15.5. The van der Waals surface area contributed by atoms with E-state index >= 15 is 0 Å². The van der Waals surface area contributed by atoms with Crippen LogP contribution in [0.4, 0.5) is 0 Å². The number of benzene rings is 2. The quantitative estimate of drug-likeness (QED) is 0.450. The van der Waals surface area contributed by atoms with Crippen molar-refractivity contribution in [2.75, 3.05) is 0 Å². The van der Waals surface area contributed by atoms with Gasteiger partial charge in [0.1, 0.15) is 11.6 Å². The Labute approximate surface area is 139 Å². The summed E-state index contributed by atoms with van der Waals surface area (Å²) in [4.78, 5) is 11.4. The van der Waals surface area contributed by atoms with Crippen LogP contribution in [0.25, 0.3) is 0 Å². The third-order valence-electron chi connectivity index (χ3n) is 3.15. The van der Waals surface area contributed by atoms with Gasteiger partial charge in [0, 0.05) is 5.56 Å². The Kier molecular flexibility index (Phi) is 5.15. The number of sulfone groups is 1. The van der Waals surface area contributed by atoms with E-state index in [9.17, 15) is 18.3 Å². The molecule has 0 unspecified atom stereocenters. The molecule has 0 radical (unpaired) electrons. The normalized spacial score (nSPS) is 12.2. The summed E-state index contributed by atoms with van der Waals surface area (Å²) in [5, 5.41) is 19.9. The Balaban J connectivity index is 2.34. The number of aliphatic hydroxyl groups is 1. The van der Waals surface area contributed by atoms with Crippen LogP contribution in [0.5, 0.6) is 0 Å². The van der Waals surface area contributed by atoms with E-state index in [-0.39, 0.29) is 10.5 Å². The van der Waals surface area contributed by atoms with Crippen LogP contribution in [-0.2, 0) is 9.84 Å². The van der Waals surface area contributed by atoms with Crippen LogP contribution in [0.1, 0.15) is 17.3 Å². The average Bonchev–Trinajstić information content (AvgIpc) is 2.55. The molecule has 2 aromatic rings. The van der Waals surface area contributed by atoms with Gasteiger partial charge in [0.25, 0.3) is 5.91 Å². The maximum atomic E-state index is 12.6. The number of hydrogen-bond acceptors (Lipinski definition) is 5. The van der Waals surface area contributed by atoms with Crippen molar-refractivity contribution in [1.29, 1.82) is 5.41 Å². The molecule has 0 atom stereocenters. The molecule has 0 spiro atoms. The van der Waals surface area contributed by atoms with E-state index < -0.39 is 32.2 Å². The molecule has 124 valence electrons. The molecule has 0 bridgehead atoms. The minimum Gasteiger partial charge on any atom is -0.511 e. The second-order valence-corrected chi connectivity index (χ2v) is 6.81. The van der Waals surface area contributed by atoms with Gasteiger partial charge in [0.15, 0.2) is 4.91 Å². The van der Waals surface area contributed by atoms with Crippen molar-refractivity contribution in [3.63, 3.8) is 0 Å². The van der Waals surface area contributed by atoms with Crippen molar-refractivity contribution >= 4 is 21.6 Å². The molecule has 0 heterocycles. The Morgan fingerprint density at radius 3 is 2.00 bits per heavy atom. The van der Waals surface area contributed by atoms with Gasteiger partial charge in [0.2, 0.25) is 9.84 Å². The van der Waals surface area contributed by atoms with Gasteiger partial charge in [-0.2, -0.15) is 0 Å². The SMILES string of the molecule is CC(O)=C(C(=N)NC(=O)c1ccccc1)S(=O)(=O)c1ccccc1. The van der Waals surface area contributed by atoms with Crippen molar-refractivity contribution < 1.29 is 18.3 Å². The Morgan fingerprint density at radius 2 is 1.50 bits per heavy atom. The van der Waals surface area contributed by atoms with Crippen molar-refractivity contribution in [1.82, 2.24) is 5.32 Å². The summed E-state index contributed by atoms with van der Waals surface area (Å²) >= 11 is 0. The molecule has 6 nitrogen and oxygen atoms in total. The summed E-state index contributed by atoms with van der Waals surface area (Å²) in [5.74, 6) is -1.90. The number of rotatable bonds is 4. The molecule has 0 aliphatic heterocycles. The number of aliphatic hydroxyl groups excluding tert-OH is 1. The molecule has 2 aromatic carbocycles. The zero-order valence-corrected chi connectivity index (χ0v) is 13.7. The highest BCUT2D eigenvalue weighted by atomic mass is 32.2. The molecule has 7 heteroatoms. The van der Waals surface area contributed by atoms with Crippen LogP contribution in [-0.4, -0.2) is 25.3 Å². The smallest absolute Gasteiger partial charge is 0.256 e. The first-order valence-electron chi connectivity index (χ1n) is 6.99. The van der Waals surface area contributed by atoms with Crippen LogP contribution >= 0.6 is 0 Å². The summed E-state index contributed by atoms with van der Waals surface area (Å²) in [5.41, 5.74) is 0.273. The van der Waals surface area contributed by atoms with Gasteiger partial charge in [-0.05, 0) is 31.2 Å². The molecule has 2 rings (SSSR count). The Bertz CT molecular complexity index is 885. The summed E-state index contributed by atoms with van der Waals surface area (Å²) in [7, 11) is -4.14. The van der Waals surface area contributed by atoms with Crippen LogP contribution in [0.3, 0.4) is 0 Å². The molecular formula is C17H16N2O4S. The summed E-state index contributed by atoms with van der Waals surface area (Å²) in [6.45, 7) is 1.15. The average molecular weight is 344 g/mol. The maximum Gasteiger partial charge on any atom is 0.256 e. The number of amidine groups is 1. The third kappa shape index (κ3) is 3.69. The Morgan fingerprint density at radius 1 is 1.00 bits per heavy atom. The first-order chi connectivity index (χ1) is 11.3. The summed E-state index contributed by atoms with van der Waals surface area (Å²) in [6.07, 6.45) is 0. The third-order valence-corrected chi connectivity index (χ3v) is 5.08. The molecule has 0 fully saturated rings. The maximum absolute atomic E-state index is 12.6. The lowest BCUT2D eigenvalue weighted by Gasteiger charge is -2.13. The fourth-order valence-electron chi connectivity index (χ4n) is 2.06. The molecule has 0 saturated heterocycles. The topological polar surface area (TPSA) is 107 Å². The number of carbonyl (C=O) groups is 1. The van der Waals surface area contributed by atoms with E-state index in [1.807, 2.05) is 0 Å². The first kappa shape index (κ1) is 17.4. The van der Waals surface area contributed by atoms with E-state index in [2.05, 4.69) is 5.32 Å². The molecule has 1 amide bonds. The lowest BCUT2D eigenvalue weighted by atomic mass is 10.2. The number of amides is 1. The van der Waals surface area contributed by atoms with Crippen molar-refractivity contribution in [2.24, 2.45) is 0 Å². The number of hydrogen-bond donors (Lipinski definition) is 3. The monoisotopic (exact) mass is 344 g/mol. The van der Waals surface area contributed by atoms with Gasteiger partial charge in [0.05, 0.1) is 4.90 Å². The van der Waals surface area contributed by atoms with Gasteiger partial charge in [-0.3, -0.25) is 10.2 Å². The van der Waals surface area contributed by atoms with E-state index in [0.717, 1.165) is 6.92 Å². The number of allylic oxidation sites excluding steroid dienone is 1. The standard InChI is InChI=1S/C17H16N2O4S/c1-12(20)15(24(22,23)14-10-6-3-7-11-14)16(18)19-17(21)13-8-4-2-5-9-13/h2-11,20H,1H3,(H2,18,19,21). The minimum absolute atomic E-state index is 0.0767. The van der Waals surface area contributed by atoms with Crippen LogP contribution in [0.15, 0.2) is 76.2 Å². The Hall–Kier alpha value is -2.93. The van der Waals surface area contributed by atoms with Crippen LogP contribution in [0.2, 0.25) is 0 Å². The molecule has 0 saturated carbocycles. The zero-order chi connectivity index (χ0) is 17.7. The van der Waals surface area contributed by atoms with Gasteiger partial charge in [-0.1, -0.05) is 36.4 Å². The van der Waals surface area contributed by atoms with Crippen LogP contribution < -0.4 is 5.32 Å². The molecule has 0 aromatic heterocycles. The van der Waals surface area contributed by atoms with Gasteiger partial charge in [-0.25, -0.2) is 8.42 Å². The van der Waals surface area contributed by atoms with Crippen molar-refractivity contribution in [2.45, 2.75) is 11.8 Å². The lowest BCUT2D eigenvalue weighted by molar-refractivity contribution is 0.0977. The predicted molar refractivity (Wildman–Crippen MR) is 90.6 cm³/mol. The second-order valence-electron chi connectivity index (χ2n) is 4.93. The zero-order valence-electron chi connectivity index (χ0n) is 12.9. The van der Waals surface area contributed by atoms with Gasteiger partial charge < -0.3 is 10.4 Å². The van der Waals surface area contributed by atoms with Gasteiger partial charge >= 0.3 is 0 Å². The molecule has 0 aliphatic carbocycles. The highest BCUT2D eigenvalue weighted by Gasteiger charge is 2.28. The molecule has 3 N–H and O–H groups in total. The van der Waals surface area contributed by atoms with E-state index in [0.29, 0.717) is 0 Å². The minimum atomic E-state index is -4.14. The van der Waals surface area contributed by atoms with Crippen molar-refractivity contribution in [3.8, 4) is 0 Å². The summed E-state index contributed by atoms with van der Waals surface area (Å²) < 4.78 is 25.2. The fraction of sp³-hybridized carbons (Fsp3) is 0.0588. The number of carbonyl (C=O) groups excluding carboxylic acids is 1. The highest BCUT2D eigenvalue weighted by molar-refractivity contribution is 7.96. The van der Waals surface area contributed by atoms with E-state index in [1.54, 1.807) is 24.3 Å². The molecular weight excluding hydrogens is 328 g/mol. The van der Waals surface area contributed by atoms with Gasteiger partial charge in [-0.15, -0.1) is 0 Å². The molecule has 24 heavy (non-hydrogen) atoms. The highest BCUT2D eigenvalue weighted by Crippen LogP contribution is 2.21. The first-order valence-corrected chi connectivity index (χ1v) is 8.47. The number of nitrogens with one attached hydrogen (secondary N) is 2. The van der Waals surface area contributed by atoms with Crippen LogP contribution in [0, 0.1) is 5.41 Å². The second kappa shape index (κ2) is 7.10. The van der Waals surface area contributed by atoms with E-state index in [1.165, 1.54) is 36.4 Å². The predicted octanol–water partition coefficient (Wildman–Crippen LogP) is 2.66. The molecule has 0 aliphatic rings. The van der Waals surface area contributed by atoms with Crippen molar-refractivity contribution in [3.05, 3.63) is 76.9 Å². The fourth-order valence-corrected chi connectivity index (χ4v) is 3.52. The van der Waals surface area contributed by atoms with E-state index in [4.69, 9.17) is 5.41 Å². The largest absolute Gasteiger partial charge is 0.511 e.